The fourth-order valence-corrected chi connectivity index (χ4v) is 1.56. The van der Waals surface area contributed by atoms with Crippen LogP contribution in [0.5, 0.6) is 5.75 Å². The third-order valence-electron chi connectivity index (χ3n) is 2.74. The van der Waals surface area contributed by atoms with Crippen LogP contribution in [0, 0.1) is 5.92 Å². The smallest absolute Gasteiger partial charge is 0.330 e. The van der Waals surface area contributed by atoms with Gasteiger partial charge in [0.05, 0.1) is 13.2 Å². The normalized spacial score (nSPS) is 10.7. The van der Waals surface area contributed by atoms with E-state index >= 15 is 0 Å². The third-order valence-corrected chi connectivity index (χ3v) is 2.74. The summed E-state index contributed by atoms with van der Waals surface area (Å²) in [5.41, 5.74) is 0.634. The van der Waals surface area contributed by atoms with Crippen LogP contribution in [0.1, 0.15) is 27.2 Å². The Balaban J connectivity index is 2.43. The summed E-state index contributed by atoms with van der Waals surface area (Å²) in [6, 6.07) is 7.09. The highest BCUT2D eigenvalue weighted by Crippen LogP contribution is 2.16. The van der Waals surface area contributed by atoms with E-state index in [9.17, 15) is 9.59 Å². The van der Waals surface area contributed by atoms with Gasteiger partial charge in [-0.05, 0) is 43.5 Å². The highest BCUT2D eigenvalue weighted by atomic mass is 16.5. The lowest BCUT2D eigenvalue weighted by atomic mass is 10.1. The molecular weight excluding hydrogens is 282 g/mol. The van der Waals surface area contributed by atoms with Gasteiger partial charge in [0.1, 0.15) is 5.75 Å². The Hall–Kier alpha value is -2.30. The maximum absolute atomic E-state index is 11.6. The minimum absolute atomic E-state index is 0.281. The molecule has 0 unspecified atom stereocenters. The largest absolute Gasteiger partial charge is 0.494 e. The molecule has 0 radical (unpaired) electrons. The number of rotatable bonds is 8. The van der Waals surface area contributed by atoms with Crippen LogP contribution >= 0.6 is 0 Å². The van der Waals surface area contributed by atoms with Crippen LogP contribution < -0.4 is 10.1 Å². The zero-order chi connectivity index (χ0) is 16.4. The van der Waals surface area contributed by atoms with E-state index in [4.69, 9.17) is 9.47 Å². The lowest BCUT2D eigenvalue weighted by Gasteiger charge is -2.09. The topological polar surface area (TPSA) is 64.6 Å². The first-order valence-corrected chi connectivity index (χ1v) is 7.40. The molecule has 0 aliphatic heterocycles. The second-order valence-electron chi connectivity index (χ2n) is 5.13. The predicted octanol–water partition coefficient (Wildman–Crippen LogP) is 3.17. The van der Waals surface area contributed by atoms with Gasteiger partial charge in [0.2, 0.25) is 5.91 Å². The lowest BCUT2D eigenvalue weighted by molar-refractivity contribution is -0.137. The van der Waals surface area contributed by atoms with Crippen molar-refractivity contribution in [3.8, 4) is 5.75 Å². The first kappa shape index (κ1) is 17.8. The number of amides is 1. The molecule has 5 heteroatoms. The van der Waals surface area contributed by atoms with E-state index in [-0.39, 0.29) is 12.5 Å². The molecule has 0 fully saturated rings. The first-order chi connectivity index (χ1) is 10.5. The van der Waals surface area contributed by atoms with Crippen molar-refractivity contribution in [2.24, 2.45) is 5.92 Å². The van der Waals surface area contributed by atoms with Crippen molar-refractivity contribution in [1.82, 2.24) is 0 Å². The molecule has 1 N–H and O–H groups in total. The second-order valence-corrected chi connectivity index (χ2v) is 5.13. The minimum atomic E-state index is -0.536. The molecule has 0 bridgehead atoms. The van der Waals surface area contributed by atoms with Gasteiger partial charge in [-0.2, -0.15) is 0 Å². The van der Waals surface area contributed by atoms with Gasteiger partial charge in [-0.15, -0.1) is 0 Å². The van der Waals surface area contributed by atoms with E-state index in [2.05, 4.69) is 19.2 Å². The number of nitrogens with one attached hydrogen (secondary N) is 1. The molecule has 22 heavy (non-hydrogen) atoms. The number of ether oxygens (including phenoxy) is 2. The number of carbonyl (C=O) groups excluding carboxylic acids is 2. The van der Waals surface area contributed by atoms with Crippen molar-refractivity contribution in [1.29, 1.82) is 0 Å². The molecule has 0 aliphatic carbocycles. The quantitative estimate of drug-likeness (QED) is 0.592. The Morgan fingerprint density at radius 3 is 2.45 bits per heavy atom. The number of anilines is 1. The molecule has 1 aromatic carbocycles. The highest BCUT2D eigenvalue weighted by Gasteiger charge is 2.01. The summed E-state index contributed by atoms with van der Waals surface area (Å²) in [6.07, 6.45) is 3.24. The van der Waals surface area contributed by atoms with Crippen LogP contribution in [0.2, 0.25) is 0 Å². The van der Waals surface area contributed by atoms with Crippen LogP contribution in [0.4, 0.5) is 5.69 Å². The Kier molecular flexibility index (Phi) is 7.75. The van der Waals surface area contributed by atoms with Crippen LogP contribution in [0.25, 0.3) is 0 Å². The van der Waals surface area contributed by atoms with Gasteiger partial charge in [0.25, 0.3) is 0 Å². The van der Waals surface area contributed by atoms with Crippen molar-refractivity contribution < 1.29 is 19.1 Å². The predicted molar refractivity (Wildman–Crippen MR) is 85.8 cm³/mol. The molecule has 0 aromatic heterocycles. The number of esters is 1. The van der Waals surface area contributed by atoms with Gasteiger partial charge >= 0.3 is 5.97 Å². The third kappa shape index (κ3) is 7.47. The van der Waals surface area contributed by atoms with Crippen LogP contribution in [-0.4, -0.2) is 25.1 Å². The number of hydrogen-bond donors (Lipinski definition) is 1. The van der Waals surface area contributed by atoms with Crippen molar-refractivity contribution in [3.63, 3.8) is 0 Å². The summed E-state index contributed by atoms with van der Waals surface area (Å²) in [4.78, 5) is 22.7. The SMILES string of the molecule is CCOC(=O)/C=C/C(=O)Nc1ccc(OCCC(C)C)cc1. The number of hydrogen-bond acceptors (Lipinski definition) is 4. The first-order valence-electron chi connectivity index (χ1n) is 7.40. The average Bonchev–Trinajstić information content (AvgIpc) is 2.47. The Bertz CT molecular complexity index is 506. The van der Waals surface area contributed by atoms with Gasteiger partial charge in [-0.3, -0.25) is 4.79 Å². The molecule has 0 saturated carbocycles. The molecule has 0 aliphatic rings. The summed E-state index contributed by atoms with van der Waals surface area (Å²) in [6.45, 7) is 6.95. The molecule has 1 aromatic rings. The maximum atomic E-state index is 11.6. The second kappa shape index (κ2) is 9.60. The highest BCUT2D eigenvalue weighted by molar-refractivity contribution is 6.02. The van der Waals surface area contributed by atoms with E-state index in [1.54, 1.807) is 31.2 Å². The van der Waals surface area contributed by atoms with Crippen molar-refractivity contribution >= 4 is 17.6 Å². The summed E-state index contributed by atoms with van der Waals surface area (Å²) < 4.78 is 10.3. The molecule has 0 saturated heterocycles. The molecule has 1 rings (SSSR count). The van der Waals surface area contributed by atoms with E-state index < -0.39 is 5.97 Å². The zero-order valence-corrected chi connectivity index (χ0v) is 13.3. The van der Waals surface area contributed by atoms with E-state index in [0.29, 0.717) is 18.2 Å². The van der Waals surface area contributed by atoms with Gasteiger partial charge in [-0.25, -0.2) is 4.79 Å². The minimum Gasteiger partial charge on any atom is -0.494 e. The van der Waals surface area contributed by atoms with Crippen molar-refractivity contribution in [2.45, 2.75) is 27.2 Å². The van der Waals surface area contributed by atoms with Crippen LogP contribution in [0.3, 0.4) is 0 Å². The number of carbonyl (C=O) groups is 2. The Morgan fingerprint density at radius 2 is 1.86 bits per heavy atom. The van der Waals surface area contributed by atoms with E-state index in [1.807, 2.05) is 0 Å². The van der Waals surface area contributed by atoms with Gasteiger partial charge < -0.3 is 14.8 Å². The summed E-state index contributed by atoms with van der Waals surface area (Å²) in [7, 11) is 0. The molecule has 0 heterocycles. The molecule has 0 spiro atoms. The monoisotopic (exact) mass is 305 g/mol. The number of benzene rings is 1. The molecule has 5 nitrogen and oxygen atoms in total. The fourth-order valence-electron chi connectivity index (χ4n) is 1.56. The fraction of sp³-hybridized carbons (Fsp3) is 0.412. The zero-order valence-electron chi connectivity index (χ0n) is 13.3. The maximum Gasteiger partial charge on any atom is 0.330 e. The Morgan fingerprint density at radius 1 is 1.18 bits per heavy atom. The van der Waals surface area contributed by atoms with Gasteiger partial charge in [0, 0.05) is 17.8 Å². The summed E-state index contributed by atoms with van der Waals surface area (Å²) in [5, 5.41) is 2.65. The Labute approximate surface area is 131 Å². The standard InChI is InChI=1S/C17H23NO4/c1-4-21-17(20)10-9-16(19)18-14-5-7-15(8-6-14)22-12-11-13(2)3/h5-10,13H,4,11-12H2,1-3H3,(H,18,19)/b10-9+. The van der Waals surface area contributed by atoms with Gasteiger partial charge in [-0.1, -0.05) is 13.8 Å². The van der Waals surface area contributed by atoms with Crippen molar-refractivity contribution in [2.75, 3.05) is 18.5 Å². The molecular formula is C17H23NO4. The van der Waals surface area contributed by atoms with Crippen LogP contribution in [-0.2, 0) is 14.3 Å². The van der Waals surface area contributed by atoms with Crippen LogP contribution in [0.15, 0.2) is 36.4 Å². The lowest BCUT2D eigenvalue weighted by Crippen LogP contribution is -2.09. The summed E-state index contributed by atoms with van der Waals surface area (Å²) >= 11 is 0. The van der Waals surface area contributed by atoms with E-state index in [1.165, 1.54) is 0 Å². The molecule has 1 amide bonds. The summed E-state index contributed by atoms with van der Waals surface area (Å²) in [5.74, 6) is 0.443. The molecule has 120 valence electrons. The van der Waals surface area contributed by atoms with Gasteiger partial charge in [0.15, 0.2) is 0 Å². The van der Waals surface area contributed by atoms with Crippen molar-refractivity contribution in [3.05, 3.63) is 36.4 Å². The molecule has 0 atom stereocenters. The average molecular weight is 305 g/mol. The van der Waals surface area contributed by atoms with E-state index in [0.717, 1.165) is 24.3 Å².